The molecule has 1 amide bonds. The predicted molar refractivity (Wildman–Crippen MR) is 118 cm³/mol. The van der Waals surface area contributed by atoms with Gasteiger partial charge in [-0.3, -0.25) is 14.4 Å². The van der Waals surface area contributed by atoms with E-state index in [0.29, 0.717) is 4.90 Å². The molecule has 0 bridgehead atoms. The van der Waals surface area contributed by atoms with Gasteiger partial charge in [0.25, 0.3) is 0 Å². The van der Waals surface area contributed by atoms with Crippen molar-refractivity contribution in [3.63, 3.8) is 0 Å². The van der Waals surface area contributed by atoms with Crippen LogP contribution in [-0.4, -0.2) is 83.1 Å². The Balaban J connectivity index is 2.66. The van der Waals surface area contributed by atoms with Gasteiger partial charge in [0.1, 0.15) is 18.3 Å². The predicted octanol–water partition coefficient (Wildman–Crippen LogP) is 0.158. The Labute approximate surface area is 201 Å². The minimum Gasteiger partial charge on any atom is -0.466 e. The Kier molecular flexibility index (Phi) is 9.86. The highest BCUT2D eigenvalue weighted by atomic mass is 32.2. The van der Waals surface area contributed by atoms with E-state index in [2.05, 4.69) is 5.32 Å². The molecule has 188 valence electrons. The molecular weight excluding hydrogens is 470 g/mol. The first-order valence-electron chi connectivity index (χ1n) is 10.4. The molecule has 1 heterocycles. The summed E-state index contributed by atoms with van der Waals surface area (Å²) < 4.78 is 21.9. The van der Waals surface area contributed by atoms with E-state index < -0.39 is 65.8 Å². The third-order valence-electron chi connectivity index (χ3n) is 4.95. The second-order valence-electron chi connectivity index (χ2n) is 7.64. The largest absolute Gasteiger partial charge is 0.466 e. The Morgan fingerprint density at radius 3 is 2.32 bits per heavy atom. The Bertz CT molecular complexity index is 882. The lowest BCUT2D eigenvalue weighted by Gasteiger charge is -2.48. The summed E-state index contributed by atoms with van der Waals surface area (Å²) in [6, 6.07) is 7.58. The Morgan fingerprint density at radius 2 is 1.82 bits per heavy atom. The SMILES string of the molecule is COC(=O)[C@@]1(Sc2ccccc2)C[C@H](OC(C)=O)[C@@H](NC(C)=O)[C@H]([C@H](OC(C)=O)[C@H](O)CO)O1. The molecule has 1 aromatic rings. The number of methoxy groups -OCH3 is 1. The highest BCUT2D eigenvalue weighted by molar-refractivity contribution is 8.01. The van der Waals surface area contributed by atoms with Crippen LogP contribution in [-0.2, 0) is 38.1 Å². The molecule has 11 nitrogen and oxygen atoms in total. The van der Waals surface area contributed by atoms with Crippen LogP contribution in [0.5, 0.6) is 0 Å². The van der Waals surface area contributed by atoms with Gasteiger partial charge in [-0.15, -0.1) is 0 Å². The minimum absolute atomic E-state index is 0.234. The fourth-order valence-electron chi connectivity index (χ4n) is 3.69. The molecule has 1 saturated heterocycles. The summed E-state index contributed by atoms with van der Waals surface area (Å²) >= 11 is 0.970. The monoisotopic (exact) mass is 499 g/mol. The number of hydrogen-bond donors (Lipinski definition) is 3. The lowest BCUT2D eigenvalue weighted by Crippen LogP contribution is -2.67. The average molecular weight is 500 g/mol. The van der Waals surface area contributed by atoms with Crippen molar-refractivity contribution < 1.29 is 48.3 Å². The summed E-state index contributed by atoms with van der Waals surface area (Å²) in [4.78, 5) is 47.6. The van der Waals surface area contributed by atoms with E-state index in [1.807, 2.05) is 0 Å². The first-order valence-corrected chi connectivity index (χ1v) is 11.3. The van der Waals surface area contributed by atoms with Gasteiger partial charge < -0.3 is 34.5 Å². The van der Waals surface area contributed by atoms with E-state index in [1.165, 1.54) is 6.92 Å². The molecule has 0 unspecified atom stereocenters. The van der Waals surface area contributed by atoms with Crippen molar-refractivity contribution in [3.8, 4) is 0 Å². The molecular formula is C22H29NO10S. The van der Waals surface area contributed by atoms with Gasteiger partial charge in [0.05, 0.1) is 19.8 Å². The van der Waals surface area contributed by atoms with E-state index in [1.54, 1.807) is 30.3 Å². The van der Waals surface area contributed by atoms with Gasteiger partial charge in [0.2, 0.25) is 10.8 Å². The number of ether oxygens (including phenoxy) is 4. The van der Waals surface area contributed by atoms with Crippen LogP contribution < -0.4 is 5.32 Å². The molecule has 1 aromatic carbocycles. The molecule has 34 heavy (non-hydrogen) atoms. The summed E-state index contributed by atoms with van der Waals surface area (Å²) in [5, 5.41) is 22.6. The molecule has 0 radical (unpaired) electrons. The second kappa shape index (κ2) is 12.2. The van der Waals surface area contributed by atoms with Crippen molar-refractivity contribution in [3.05, 3.63) is 30.3 Å². The number of thioether (sulfide) groups is 1. The number of esters is 3. The van der Waals surface area contributed by atoms with Crippen LogP contribution in [0, 0.1) is 0 Å². The van der Waals surface area contributed by atoms with Crippen LogP contribution in [0.3, 0.4) is 0 Å². The zero-order chi connectivity index (χ0) is 25.5. The molecule has 1 aliphatic rings. The average Bonchev–Trinajstić information content (AvgIpc) is 2.78. The Hall–Kier alpha value is -2.67. The third kappa shape index (κ3) is 6.92. The van der Waals surface area contributed by atoms with Gasteiger partial charge in [0.15, 0.2) is 6.10 Å². The molecule has 0 saturated carbocycles. The lowest BCUT2D eigenvalue weighted by molar-refractivity contribution is -0.219. The van der Waals surface area contributed by atoms with Crippen molar-refractivity contribution in [1.29, 1.82) is 0 Å². The fourth-order valence-corrected chi connectivity index (χ4v) is 4.93. The zero-order valence-electron chi connectivity index (χ0n) is 19.3. The molecule has 6 atom stereocenters. The second-order valence-corrected chi connectivity index (χ2v) is 8.98. The fraction of sp³-hybridized carbons (Fsp3) is 0.545. The van der Waals surface area contributed by atoms with Crippen LogP contribution in [0.15, 0.2) is 35.2 Å². The van der Waals surface area contributed by atoms with Crippen LogP contribution >= 0.6 is 11.8 Å². The molecule has 2 rings (SSSR count). The maximum absolute atomic E-state index is 13.1. The summed E-state index contributed by atoms with van der Waals surface area (Å²) in [5.41, 5.74) is 0. The third-order valence-corrected chi connectivity index (χ3v) is 6.22. The molecule has 0 spiro atoms. The van der Waals surface area contributed by atoms with E-state index in [4.69, 9.17) is 18.9 Å². The molecule has 3 N–H and O–H groups in total. The topological polar surface area (TPSA) is 158 Å². The highest BCUT2D eigenvalue weighted by Gasteiger charge is 2.58. The van der Waals surface area contributed by atoms with E-state index >= 15 is 0 Å². The standard InChI is InChI=1S/C22H29NO10S/c1-12(25)23-18-17(31-13(2)26)10-22(21(29)30-4,34-15-8-6-5-7-9-15)33-20(18)19(16(28)11-24)32-14(3)27/h5-9,16-20,24,28H,10-11H2,1-4H3,(H,23,25)/t16-,17+,18-,19-,20-,22+/m1/s1. The molecule has 0 aliphatic carbocycles. The molecule has 1 aliphatic heterocycles. The number of aliphatic hydroxyl groups excluding tert-OH is 2. The van der Waals surface area contributed by atoms with Gasteiger partial charge in [-0.2, -0.15) is 0 Å². The number of amides is 1. The van der Waals surface area contributed by atoms with Crippen LogP contribution in [0.25, 0.3) is 0 Å². The van der Waals surface area contributed by atoms with Crippen LogP contribution in [0.1, 0.15) is 27.2 Å². The number of rotatable bonds is 9. The smallest absolute Gasteiger partial charge is 0.349 e. The number of carbonyl (C=O) groups excluding carboxylic acids is 4. The first-order chi connectivity index (χ1) is 16.0. The first kappa shape index (κ1) is 27.6. The summed E-state index contributed by atoms with van der Waals surface area (Å²) in [6.07, 6.45) is -5.96. The normalized spacial score (nSPS) is 26.0. The van der Waals surface area contributed by atoms with E-state index in [9.17, 15) is 29.4 Å². The van der Waals surface area contributed by atoms with Gasteiger partial charge >= 0.3 is 17.9 Å². The van der Waals surface area contributed by atoms with Gasteiger partial charge in [-0.1, -0.05) is 30.0 Å². The Morgan fingerprint density at radius 1 is 1.18 bits per heavy atom. The molecule has 12 heteroatoms. The van der Waals surface area contributed by atoms with E-state index in [0.717, 1.165) is 32.7 Å². The number of aliphatic hydroxyl groups is 2. The van der Waals surface area contributed by atoms with Crippen molar-refractivity contribution in [2.45, 2.75) is 67.5 Å². The number of nitrogens with one attached hydrogen (secondary N) is 1. The summed E-state index contributed by atoms with van der Waals surface area (Å²) in [7, 11) is 1.15. The molecule has 1 fully saturated rings. The number of benzene rings is 1. The van der Waals surface area contributed by atoms with Crippen molar-refractivity contribution >= 4 is 35.6 Å². The van der Waals surface area contributed by atoms with Crippen LogP contribution in [0.2, 0.25) is 0 Å². The van der Waals surface area contributed by atoms with Crippen molar-refractivity contribution in [1.82, 2.24) is 5.32 Å². The summed E-state index contributed by atoms with van der Waals surface area (Å²) in [6.45, 7) is 2.64. The van der Waals surface area contributed by atoms with E-state index in [-0.39, 0.29) is 6.42 Å². The maximum Gasteiger partial charge on any atom is 0.349 e. The molecule has 0 aromatic heterocycles. The van der Waals surface area contributed by atoms with Gasteiger partial charge in [0, 0.05) is 32.1 Å². The minimum atomic E-state index is -1.82. The van der Waals surface area contributed by atoms with Crippen LogP contribution in [0.4, 0.5) is 0 Å². The highest BCUT2D eigenvalue weighted by Crippen LogP contribution is 2.45. The zero-order valence-corrected chi connectivity index (χ0v) is 20.1. The maximum atomic E-state index is 13.1. The number of carbonyl (C=O) groups is 4. The summed E-state index contributed by atoms with van der Waals surface area (Å²) in [5.74, 6) is -2.87. The van der Waals surface area contributed by atoms with Crippen molar-refractivity contribution in [2.24, 2.45) is 0 Å². The van der Waals surface area contributed by atoms with Gasteiger partial charge in [-0.05, 0) is 12.1 Å². The van der Waals surface area contributed by atoms with Crippen molar-refractivity contribution in [2.75, 3.05) is 13.7 Å². The quantitative estimate of drug-likeness (QED) is 0.314. The number of hydrogen-bond acceptors (Lipinski definition) is 11. The lowest BCUT2D eigenvalue weighted by atomic mass is 9.89. The van der Waals surface area contributed by atoms with Gasteiger partial charge in [-0.25, -0.2) is 4.79 Å².